The van der Waals surface area contributed by atoms with Gasteiger partial charge in [0.15, 0.2) is 0 Å². The summed E-state index contributed by atoms with van der Waals surface area (Å²) in [7, 11) is 2.11. The van der Waals surface area contributed by atoms with Gasteiger partial charge in [-0.1, -0.05) is 20.8 Å². The Labute approximate surface area is 112 Å². The Morgan fingerprint density at radius 3 is 2.67 bits per heavy atom. The Hall–Kier alpha value is -1.09. The van der Waals surface area contributed by atoms with Crippen molar-refractivity contribution in [3.63, 3.8) is 0 Å². The molecular formula is C15H27N3. The first-order chi connectivity index (χ1) is 8.54. The van der Waals surface area contributed by atoms with Gasteiger partial charge in [0.05, 0.1) is 0 Å². The number of hydrogen-bond donors (Lipinski definition) is 1. The number of nitrogens with zero attached hydrogens (tertiary/aromatic N) is 2. The molecule has 0 radical (unpaired) electrons. The van der Waals surface area contributed by atoms with Gasteiger partial charge in [-0.05, 0) is 43.5 Å². The lowest BCUT2D eigenvalue weighted by Gasteiger charge is -2.25. The number of nitrogens with one attached hydrogen (secondary N) is 1. The van der Waals surface area contributed by atoms with Crippen LogP contribution in [0.2, 0.25) is 0 Å². The number of hydrogen-bond acceptors (Lipinski definition) is 3. The summed E-state index contributed by atoms with van der Waals surface area (Å²) >= 11 is 0. The largest absolute Gasteiger partial charge is 0.357 e. The van der Waals surface area contributed by atoms with Crippen LogP contribution in [0.4, 0.5) is 5.82 Å². The lowest BCUT2D eigenvalue weighted by atomic mass is 10.2. The van der Waals surface area contributed by atoms with E-state index in [-0.39, 0.29) is 0 Å². The van der Waals surface area contributed by atoms with Crippen molar-refractivity contribution in [3.05, 3.63) is 23.9 Å². The second-order valence-electron chi connectivity index (χ2n) is 5.42. The van der Waals surface area contributed by atoms with Gasteiger partial charge in [0.1, 0.15) is 5.82 Å². The van der Waals surface area contributed by atoms with Gasteiger partial charge in [0.2, 0.25) is 0 Å². The monoisotopic (exact) mass is 249 g/mol. The van der Waals surface area contributed by atoms with Crippen LogP contribution >= 0.6 is 0 Å². The molecule has 1 aromatic rings. The molecule has 0 saturated carbocycles. The summed E-state index contributed by atoms with van der Waals surface area (Å²) in [4.78, 5) is 6.69. The molecule has 1 N–H and O–H groups in total. The minimum Gasteiger partial charge on any atom is -0.357 e. The fourth-order valence-corrected chi connectivity index (χ4v) is 1.77. The van der Waals surface area contributed by atoms with E-state index in [9.17, 15) is 0 Å². The third-order valence-electron chi connectivity index (χ3n) is 3.30. The van der Waals surface area contributed by atoms with Crippen molar-refractivity contribution in [1.82, 2.24) is 10.3 Å². The first-order valence-corrected chi connectivity index (χ1v) is 6.93. The summed E-state index contributed by atoms with van der Waals surface area (Å²) < 4.78 is 0. The molecule has 0 aliphatic heterocycles. The molecule has 0 aliphatic carbocycles. The molecule has 0 aliphatic rings. The summed E-state index contributed by atoms with van der Waals surface area (Å²) in [6, 6.07) is 4.79. The van der Waals surface area contributed by atoms with Crippen LogP contribution in [0.25, 0.3) is 0 Å². The van der Waals surface area contributed by atoms with Crippen LogP contribution in [0.1, 0.15) is 39.7 Å². The second-order valence-corrected chi connectivity index (χ2v) is 5.42. The van der Waals surface area contributed by atoms with Crippen molar-refractivity contribution in [2.75, 3.05) is 18.5 Å². The number of aromatic nitrogens is 1. The van der Waals surface area contributed by atoms with E-state index >= 15 is 0 Å². The van der Waals surface area contributed by atoms with Gasteiger partial charge in [-0.25, -0.2) is 4.98 Å². The van der Waals surface area contributed by atoms with Gasteiger partial charge in [-0.3, -0.25) is 0 Å². The highest BCUT2D eigenvalue weighted by molar-refractivity contribution is 5.41. The minimum absolute atomic E-state index is 0.524. The van der Waals surface area contributed by atoms with Gasteiger partial charge in [0, 0.05) is 25.8 Å². The van der Waals surface area contributed by atoms with Crippen LogP contribution in [0, 0.1) is 5.92 Å². The van der Waals surface area contributed by atoms with Crippen LogP contribution in [0.5, 0.6) is 0 Å². The predicted molar refractivity (Wildman–Crippen MR) is 78.9 cm³/mol. The summed E-state index contributed by atoms with van der Waals surface area (Å²) in [5, 5.41) is 3.46. The molecule has 1 aromatic heterocycles. The van der Waals surface area contributed by atoms with Gasteiger partial charge < -0.3 is 10.2 Å². The zero-order valence-corrected chi connectivity index (χ0v) is 12.4. The third-order valence-corrected chi connectivity index (χ3v) is 3.30. The van der Waals surface area contributed by atoms with Crippen LogP contribution in [0.15, 0.2) is 18.3 Å². The van der Waals surface area contributed by atoms with Gasteiger partial charge in [-0.15, -0.1) is 0 Å². The van der Waals surface area contributed by atoms with Crippen molar-refractivity contribution in [3.8, 4) is 0 Å². The smallest absolute Gasteiger partial charge is 0.128 e. The molecule has 3 nitrogen and oxygen atoms in total. The maximum absolute atomic E-state index is 4.45. The maximum atomic E-state index is 4.45. The molecule has 102 valence electrons. The standard InChI is InChI=1S/C15H27N3/c1-6-13(4)18(5)15-9-14(7-8-17-15)11-16-10-12(2)3/h7-9,12-13,16H,6,10-11H2,1-5H3. The molecule has 1 atom stereocenters. The highest BCUT2D eigenvalue weighted by Crippen LogP contribution is 2.15. The van der Waals surface area contributed by atoms with Gasteiger partial charge in [0.25, 0.3) is 0 Å². The van der Waals surface area contributed by atoms with Crippen molar-refractivity contribution in [2.45, 2.75) is 46.7 Å². The Bertz CT molecular complexity index is 349. The molecule has 3 heteroatoms. The van der Waals surface area contributed by atoms with Gasteiger partial charge in [-0.2, -0.15) is 0 Å². The maximum Gasteiger partial charge on any atom is 0.128 e. The molecule has 1 unspecified atom stereocenters. The highest BCUT2D eigenvalue weighted by Gasteiger charge is 2.09. The van der Waals surface area contributed by atoms with E-state index in [1.165, 1.54) is 5.56 Å². The van der Waals surface area contributed by atoms with Gasteiger partial charge >= 0.3 is 0 Å². The molecule has 0 bridgehead atoms. The summed E-state index contributed by atoms with van der Waals surface area (Å²) in [6.45, 7) is 10.9. The molecule has 1 rings (SSSR count). The van der Waals surface area contributed by atoms with E-state index in [0.717, 1.165) is 25.3 Å². The second kappa shape index (κ2) is 7.37. The van der Waals surface area contributed by atoms with E-state index in [4.69, 9.17) is 0 Å². The Balaban J connectivity index is 2.61. The molecule has 18 heavy (non-hydrogen) atoms. The SMILES string of the molecule is CCC(C)N(C)c1cc(CNCC(C)C)ccn1. The fourth-order valence-electron chi connectivity index (χ4n) is 1.77. The van der Waals surface area contributed by atoms with Crippen molar-refractivity contribution in [1.29, 1.82) is 0 Å². The Kier molecular flexibility index (Phi) is 6.13. The average molecular weight is 249 g/mol. The topological polar surface area (TPSA) is 28.2 Å². The molecule has 1 heterocycles. The number of rotatable bonds is 7. The molecule has 0 amide bonds. The average Bonchev–Trinajstić information content (AvgIpc) is 2.37. The number of anilines is 1. The van der Waals surface area contributed by atoms with E-state index in [1.54, 1.807) is 0 Å². The van der Waals surface area contributed by atoms with Crippen molar-refractivity contribution >= 4 is 5.82 Å². The summed E-state index contributed by atoms with van der Waals surface area (Å²) in [5.74, 6) is 1.75. The molecule has 0 spiro atoms. The lowest BCUT2D eigenvalue weighted by Crippen LogP contribution is -2.29. The van der Waals surface area contributed by atoms with E-state index in [2.05, 4.69) is 62.1 Å². The zero-order chi connectivity index (χ0) is 13.5. The Morgan fingerprint density at radius 2 is 2.06 bits per heavy atom. The zero-order valence-electron chi connectivity index (χ0n) is 12.4. The Morgan fingerprint density at radius 1 is 1.33 bits per heavy atom. The predicted octanol–water partition coefficient (Wildman–Crippen LogP) is 3.06. The van der Waals surface area contributed by atoms with Crippen LogP contribution in [-0.2, 0) is 6.54 Å². The van der Waals surface area contributed by atoms with E-state index in [1.807, 2.05) is 6.20 Å². The fraction of sp³-hybridized carbons (Fsp3) is 0.667. The highest BCUT2D eigenvalue weighted by atomic mass is 15.2. The van der Waals surface area contributed by atoms with Crippen LogP contribution in [-0.4, -0.2) is 24.6 Å². The normalized spacial score (nSPS) is 12.8. The minimum atomic E-state index is 0.524. The quantitative estimate of drug-likeness (QED) is 0.805. The molecule has 0 saturated heterocycles. The summed E-state index contributed by atoms with van der Waals surface area (Å²) in [6.07, 6.45) is 3.04. The van der Waals surface area contributed by atoms with Crippen molar-refractivity contribution in [2.24, 2.45) is 5.92 Å². The lowest BCUT2D eigenvalue weighted by molar-refractivity contribution is 0.552. The van der Waals surface area contributed by atoms with Crippen LogP contribution < -0.4 is 10.2 Å². The summed E-state index contributed by atoms with van der Waals surface area (Å²) in [5.41, 5.74) is 1.30. The number of pyridine rings is 1. The van der Waals surface area contributed by atoms with Crippen molar-refractivity contribution < 1.29 is 0 Å². The van der Waals surface area contributed by atoms with Crippen LogP contribution in [0.3, 0.4) is 0 Å². The van der Waals surface area contributed by atoms with E-state index < -0.39 is 0 Å². The first kappa shape index (κ1) is 15.0. The van der Waals surface area contributed by atoms with E-state index in [0.29, 0.717) is 12.0 Å². The molecule has 0 fully saturated rings. The third kappa shape index (κ3) is 4.65. The first-order valence-electron chi connectivity index (χ1n) is 6.93. The molecular weight excluding hydrogens is 222 g/mol. The molecule has 0 aromatic carbocycles.